The summed E-state index contributed by atoms with van der Waals surface area (Å²) in [6.07, 6.45) is 5.01. The van der Waals surface area contributed by atoms with E-state index >= 15 is 0 Å². The van der Waals surface area contributed by atoms with Gasteiger partial charge in [-0.2, -0.15) is 11.8 Å². The lowest BCUT2D eigenvalue weighted by molar-refractivity contribution is -0.141. The highest BCUT2D eigenvalue weighted by molar-refractivity contribution is 9.10. The van der Waals surface area contributed by atoms with Gasteiger partial charge in [-0.1, -0.05) is 0 Å². The molecule has 7 heteroatoms. The quantitative estimate of drug-likeness (QED) is 0.740. The topological polar surface area (TPSA) is 79.5 Å². The van der Waals surface area contributed by atoms with Gasteiger partial charge in [0.1, 0.15) is 11.8 Å². The predicted octanol–water partition coefficient (Wildman–Crippen LogP) is 2.38. The van der Waals surface area contributed by atoms with Gasteiger partial charge in [-0.25, -0.2) is 4.79 Å². The number of carbonyl (C=O) groups is 2. The minimum absolute atomic E-state index is 0.391. The number of carbonyl (C=O) groups excluding carboxylic acids is 1. The average Bonchev–Trinajstić information content (AvgIpc) is 2.77. The largest absolute Gasteiger partial charge is 0.480 e. The van der Waals surface area contributed by atoms with Gasteiger partial charge in [-0.3, -0.25) is 4.79 Å². The van der Waals surface area contributed by atoms with Crippen LogP contribution in [0.2, 0.25) is 0 Å². The number of hydrogen-bond acceptors (Lipinski definition) is 4. The SMILES string of the molecule is CSCC[C@@H](NC(=O)/C=C/c1ccc(Br)o1)C(=O)O. The number of amides is 1. The summed E-state index contributed by atoms with van der Waals surface area (Å²) in [4.78, 5) is 22.5. The van der Waals surface area contributed by atoms with Crippen molar-refractivity contribution in [2.24, 2.45) is 0 Å². The van der Waals surface area contributed by atoms with Gasteiger partial charge in [0.15, 0.2) is 4.67 Å². The summed E-state index contributed by atoms with van der Waals surface area (Å²) < 4.78 is 5.75. The molecular weight excluding hydrogens is 334 g/mol. The first kappa shape index (κ1) is 15.8. The fraction of sp³-hybridized carbons (Fsp3) is 0.333. The Labute approximate surface area is 123 Å². The Balaban J connectivity index is 2.52. The van der Waals surface area contributed by atoms with E-state index in [4.69, 9.17) is 9.52 Å². The van der Waals surface area contributed by atoms with Crippen molar-refractivity contribution in [3.8, 4) is 0 Å². The number of aliphatic carboxylic acids is 1. The van der Waals surface area contributed by atoms with Crippen LogP contribution in [0.3, 0.4) is 0 Å². The Morgan fingerprint density at radius 3 is 2.84 bits per heavy atom. The van der Waals surface area contributed by atoms with Crippen molar-refractivity contribution in [3.05, 3.63) is 28.6 Å². The molecule has 0 radical (unpaired) electrons. The summed E-state index contributed by atoms with van der Waals surface area (Å²) in [5, 5.41) is 11.4. The van der Waals surface area contributed by atoms with E-state index in [-0.39, 0.29) is 0 Å². The first-order chi connectivity index (χ1) is 9.02. The minimum Gasteiger partial charge on any atom is -0.480 e. The maximum atomic E-state index is 11.6. The molecule has 0 unspecified atom stereocenters. The van der Waals surface area contributed by atoms with Gasteiger partial charge in [-0.15, -0.1) is 0 Å². The molecule has 104 valence electrons. The first-order valence-corrected chi connectivity index (χ1v) is 7.67. The van der Waals surface area contributed by atoms with Crippen LogP contribution in [0.25, 0.3) is 6.08 Å². The minimum atomic E-state index is -1.03. The number of thioether (sulfide) groups is 1. The van der Waals surface area contributed by atoms with Crippen LogP contribution in [0.1, 0.15) is 12.2 Å². The molecule has 1 heterocycles. The highest BCUT2D eigenvalue weighted by Crippen LogP contribution is 2.14. The average molecular weight is 348 g/mol. The van der Waals surface area contributed by atoms with Crippen molar-refractivity contribution in [1.29, 1.82) is 0 Å². The van der Waals surface area contributed by atoms with E-state index in [1.54, 1.807) is 12.1 Å². The monoisotopic (exact) mass is 347 g/mol. The number of carboxylic acids is 1. The fourth-order valence-electron chi connectivity index (χ4n) is 1.29. The van der Waals surface area contributed by atoms with Crippen LogP contribution in [0, 0.1) is 0 Å². The third-order valence-electron chi connectivity index (χ3n) is 2.22. The molecule has 0 bridgehead atoms. The molecule has 0 aliphatic heterocycles. The number of nitrogens with one attached hydrogen (secondary N) is 1. The maximum Gasteiger partial charge on any atom is 0.326 e. The zero-order chi connectivity index (χ0) is 14.3. The van der Waals surface area contributed by atoms with Gasteiger partial charge in [-0.05, 0) is 52.6 Å². The van der Waals surface area contributed by atoms with Crippen LogP contribution < -0.4 is 5.32 Å². The number of rotatable bonds is 7. The zero-order valence-electron chi connectivity index (χ0n) is 10.3. The summed E-state index contributed by atoms with van der Waals surface area (Å²) in [5.74, 6) is -0.304. The molecule has 0 saturated heterocycles. The molecule has 0 saturated carbocycles. The molecule has 1 atom stereocenters. The summed E-state index contributed by atoms with van der Waals surface area (Å²) in [5.41, 5.74) is 0. The molecule has 0 fully saturated rings. The lowest BCUT2D eigenvalue weighted by atomic mass is 10.2. The van der Waals surface area contributed by atoms with Crippen molar-refractivity contribution in [3.63, 3.8) is 0 Å². The summed E-state index contributed by atoms with van der Waals surface area (Å²) in [7, 11) is 0. The van der Waals surface area contributed by atoms with Gasteiger partial charge in [0, 0.05) is 6.08 Å². The smallest absolute Gasteiger partial charge is 0.326 e. The Bertz CT molecular complexity index is 472. The molecule has 0 aliphatic carbocycles. The Morgan fingerprint density at radius 2 is 2.32 bits per heavy atom. The second kappa shape index (κ2) is 8.06. The lowest BCUT2D eigenvalue weighted by Gasteiger charge is -2.12. The van der Waals surface area contributed by atoms with E-state index in [1.807, 2.05) is 6.26 Å². The molecule has 1 aromatic heterocycles. The summed E-state index contributed by atoms with van der Waals surface area (Å²) in [6.45, 7) is 0. The Hall–Kier alpha value is -1.21. The molecule has 1 rings (SSSR count). The van der Waals surface area contributed by atoms with Crippen LogP contribution in [-0.2, 0) is 9.59 Å². The molecular formula is C12H14BrNO4S. The third kappa shape index (κ3) is 5.98. The van der Waals surface area contributed by atoms with E-state index in [9.17, 15) is 9.59 Å². The molecule has 0 aromatic carbocycles. The second-order valence-corrected chi connectivity index (χ2v) is 5.42. The van der Waals surface area contributed by atoms with E-state index in [2.05, 4.69) is 21.2 Å². The van der Waals surface area contributed by atoms with Crippen molar-refractivity contribution in [2.75, 3.05) is 12.0 Å². The number of halogens is 1. The second-order valence-electron chi connectivity index (χ2n) is 3.66. The first-order valence-electron chi connectivity index (χ1n) is 5.48. The summed E-state index contributed by atoms with van der Waals surface area (Å²) >= 11 is 4.68. The van der Waals surface area contributed by atoms with Crippen molar-refractivity contribution in [2.45, 2.75) is 12.5 Å². The van der Waals surface area contributed by atoms with Crippen molar-refractivity contribution < 1.29 is 19.1 Å². The van der Waals surface area contributed by atoms with E-state index in [1.165, 1.54) is 23.9 Å². The molecule has 5 nitrogen and oxygen atoms in total. The highest BCUT2D eigenvalue weighted by atomic mass is 79.9. The van der Waals surface area contributed by atoms with Gasteiger partial charge in [0.25, 0.3) is 0 Å². The molecule has 1 amide bonds. The molecule has 0 aliphatic rings. The molecule has 1 aromatic rings. The van der Waals surface area contributed by atoms with E-state index in [0.29, 0.717) is 22.6 Å². The van der Waals surface area contributed by atoms with Crippen LogP contribution >= 0.6 is 27.7 Å². The van der Waals surface area contributed by atoms with Gasteiger partial charge in [0.2, 0.25) is 5.91 Å². The molecule has 19 heavy (non-hydrogen) atoms. The van der Waals surface area contributed by atoms with Crippen molar-refractivity contribution >= 4 is 45.6 Å². The molecule has 0 spiro atoms. The predicted molar refractivity (Wildman–Crippen MR) is 78.0 cm³/mol. The number of furan rings is 1. The van der Waals surface area contributed by atoms with Gasteiger partial charge in [0.05, 0.1) is 0 Å². The van der Waals surface area contributed by atoms with E-state index < -0.39 is 17.9 Å². The third-order valence-corrected chi connectivity index (χ3v) is 3.29. The summed E-state index contributed by atoms with van der Waals surface area (Å²) in [6, 6.07) is 2.53. The van der Waals surface area contributed by atoms with Crippen LogP contribution in [0.15, 0.2) is 27.3 Å². The fourth-order valence-corrected chi connectivity index (χ4v) is 2.08. The van der Waals surface area contributed by atoms with Crippen LogP contribution in [0.5, 0.6) is 0 Å². The normalized spacial score (nSPS) is 12.5. The van der Waals surface area contributed by atoms with Crippen LogP contribution in [0.4, 0.5) is 0 Å². The zero-order valence-corrected chi connectivity index (χ0v) is 12.7. The van der Waals surface area contributed by atoms with Gasteiger partial charge < -0.3 is 14.8 Å². The Kier molecular flexibility index (Phi) is 6.72. The van der Waals surface area contributed by atoms with Crippen LogP contribution in [-0.4, -0.2) is 35.0 Å². The maximum absolute atomic E-state index is 11.6. The number of hydrogen-bond donors (Lipinski definition) is 2. The highest BCUT2D eigenvalue weighted by Gasteiger charge is 2.17. The van der Waals surface area contributed by atoms with Crippen molar-refractivity contribution in [1.82, 2.24) is 5.32 Å². The number of carboxylic acid groups (broad SMARTS) is 1. The van der Waals surface area contributed by atoms with Gasteiger partial charge >= 0.3 is 5.97 Å². The molecule has 2 N–H and O–H groups in total. The standard InChI is InChI=1S/C12H14BrNO4S/c1-19-7-6-9(12(16)17)14-11(15)5-3-8-2-4-10(13)18-8/h2-5,9H,6-7H2,1H3,(H,14,15)(H,16,17)/b5-3+/t9-/m1/s1. The Morgan fingerprint density at radius 1 is 1.58 bits per heavy atom. The lowest BCUT2D eigenvalue weighted by Crippen LogP contribution is -2.40. The van der Waals surface area contributed by atoms with E-state index in [0.717, 1.165) is 0 Å².